The van der Waals surface area contributed by atoms with Crippen molar-refractivity contribution >= 4 is 23.4 Å². The predicted molar refractivity (Wildman–Crippen MR) is 111 cm³/mol. The number of likely N-dealkylation sites (N-methyl/N-ethyl adjacent to an activating group) is 1. The van der Waals surface area contributed by atoms with Crippen molar-refractivity contribution in [3.63, 3.8) is 0 Å². The Kier molecular flexibility index (Phi) is 5.04. The molecule has 3 rings (SSSR count). The summed E-state index contributed by atoms with van der Waals surface area (Å²) < 4.78 is 5.14. The first-order valence-electron chi connectivity index (χ1n) is 8.87. The number of hydrogen-bond donors (Lipinski definition) is 1. The molecule has 1 aliphatic heterocycles. The molecule has 1 aliphatic rings. The molecule has 0 aliphatic carbocycles. The standard InChI is InChI=1S/C22H25N3O2/c1-15-13-22(2,3)25(4)20-10-9-16(11-19(15)20)14-23-24-21(26)17-7-6-8-18(12-17)27-5/h6-14H,1-5H3,(H,24,26)/b23-14+. The van der Waals surface area contributed by atoms with Crippen LogP contribution in [0.15, 0.2) is 53.6 Å². The Bertz CT molecular complexity index is 929. The molecule has 0 saturated carbocycles. The van der Waals surface area contributed by atoms with Gasteiger partial charge in [-0.2, -0.15) is 5.10 Å². The highest BCUT2D eigenvalue weighted by molar-refractivity contribution is 5.95. The van der Waals surface area contributed by atoms with E-state index in [0.29, 0.717) is 11.3 Å². The lowest BCUT2D eigenvalue weighted by atomic mass is 9.89. The number of rotatable bonds is 4. The largest absolute Gasteiger partial charge is 0.497 e. The fraction of sp³-hybridized carbons (Fsp3) is 0.273. The quantitative estimate of drug-likeness (QED) is 0.657. The molecule has 1 N–H and O–H groups in total. The summed E-state index contributed by atoms with van der Waals surface area (Å²) in [6.45, 7) is 6.52. The topological polar surface area (TPSA) is 53.9 Å². The molecule has 0 aromatic heterocycles. The summed E-state index contributed by atoms with van der Waals surface area (Å²) in [4.78, 5) is 14.5. The normalized spacial score (nSPS) is 15.3. The van der Waals surface area contributed by atoms with E-state index in [-0.39, 0.29) is 11.4 Å². The van der Waals surface area contributed by atoms with Crippen molar-refractivity contribution < 1.29 is 9.53 Å². The Labute approximate surface area is 160 Å². The number of fused-ring (bicyclic) bond motifs is 1. The first kappa shape index (κ1) is 18.7. The average Bonchev–Trinajstić information content (AvgIpc) is 2.66. The molecule has 0 atom stereocenters. The molecule has 0 spiro atoms. The summed E-state index contributed by atoms with van der Waals surface area (Å²) in [5.41, 5.74) is 7.59. The molecule has 1 heterocycles. The molecule has 0 unspecified atom stereocenters. The minimum Gasteiger partial charge on any atom is -0.497 e. The third-order valence-electron chi connectivity index (χ3n) is 4.95. The molecular formula is C22H25N3O2. The Balaban J connectivity index is 1.75. The van der Waals surface area contributed by atoms with E-state index in [4.69, 9.17) is 4.74 Å². The zero-order valence-corrected chi connectivity index (χ0v) is 16.4. The maximum absolute atomic E-state index is 12.2. The van der Waals surface area contributed by atoms with Crippen molar-refractivity contribution in [2.75, 3.05) is 19.1 Å². The van der Waals surface area contributed by atoms with Gasteiger partial charge in [0.1, 0.15) is 5.75 Å². The van der Waals surface area contributed by atoms with Gasteiger partial charge in [-0.1, -0.05) is 18.2 Å². The van der Waals surface area contributed by atoms with Gasteiger partial charge in [0, 0.05) is 23.9 Å². The monoisotopic (exact) mass is 363 g/mol. The number of hydrogen-bond acceptors (Lipinski definition) is 4. The Morgan fingerprint density at radius 2 is 2.00 bits per heavy atom. The van der Waals surface area contributed by atoms with Crippen LogP contribution in [-0.4, -0.2) is 31.8 Å². The Morgan fingerprint density at radius 1 is 1.22 bits per heavy atom. The van der Waals surface area contributed by atoms with Crippen LogP contribution in [0, 0.1) is 0 Å². The van der Waals surface area contributed by atoms with E-state index in [1.54, 1.807) is 37.6 Å². The van der Waals surface area contributed by atoms with Gasteiger partial charge in [0.2, 0.25) is 0 Å². The molecule has 1 amide bonds. The minimum atomic E-state index is -0.277. The van der Waals surface area contributed by atoms with Crippen LogP contribution in [0.5, 0.6) is 5.75 Å². The highest BCUT2D eigenvalue weighted by Crippen LogP contribution is 2.37. The molecule has 0 radical (unpaired) electrons. The molecule has 0 bridgehead atoms. The summed E-state index contributed by atoms with van der Waals surface area (Å²) in [6, 6.07) is 13.2. The number of methoxy groups -OCH3 is 1. The molecule has 140 valence electrons. The third kappa shape index (κ3) is 3.87. The molecule has 0 fully saturated rings. The molecule has 0 saturated heterocycles. The van der Waals surface area contributed by atoms with Gasteiger partial charge in [0.05, 0.1) is 18.9 Å². The maximum Gasteiger partial charge on any atom is 0.271 e. The van der Waals surface area contributed by atoms with Crippen molar-refractivity contribution in [3.05, 3.63) is 65.2 Å². The van der Waals surface area contributed by atoms with Crippen LogP contribution >= 0.6 is 0 Å². The van der Waals surface area contributed by atoms with Gasteiger partial charge in [-0.3, -0.25) is 4.79 Å². The van der Waals surface area contributed by atoms with E-state index in [1.165, 1.54) is 16.8 Å². The van der Waals surface area contributed by atoms with Crippen LogP contribution in [0.4, 0.5) is 5.69 Å². The van der Waals surface area contributed by atoms with E-state index >= 15 is 0 Å². The molecule has 27 heavy (non-hydrogen) atoms. The molecule has 2 aromatic carbocycles. The summed E-state index contributed by atoms with van der Waals surface area (Å²) in [6.07, 6.45) is 3.92. The van der Waals surface area contributed by atoms with E-state index in [0.717, 1.165) is 5.56 Å². The SMILES string of the molecule is COc1cccc(C(=O)N/N=C/c2ccc3c(c2)C(C)=CC(C)(C)N3C)c1. The first-order valence-corrected chi connectivity index (χ1v) is 8.87. The minimum absolute atomic E-state index is 0.0165. The highest BCUT2D eigenvalue weighted by atomic mass is 16.5. The number of benzene rings is 2. The number of nitrogens with zero attached hydrogens (tertiary/aromatic N) is 2. The number of nitrogens with one attached hydrogen (secondary N) is 1. The fourth-order valence-corrected chi connectivity index (χ4v) is 3.25. The third-order valence-corrected chi connectivity index (χ3v) is 4.95. The number of carbonyl (C=O) groups excluding carboxylic acids is 1. The molecular weight excluding hydrogens is 338 g/mol. The number of anilines is 1. The van der Waals surface area contributed by atoms with Gasteiger partial charge >= 0.3 is 0 Å². The zero-order valence-electron chi connectivity index (χ0n) is 16.4. The van der Waals surface area contributed by atoms with Crippen molar-refractivity contribution in [1.82, 2.24) is 5.43 Å². The molecule has 5 nitrogen and oxygen atoms in total. The zero-order chi connectivity index (χ0) is 19.6. The summed E-state index contributed by atoms with van der Waals surface area (Å²) in [7, 11) is 3.67. The lowest BCUT2D eigenvalue weighted by Crippen LogP contribution is -2.42. The van der Waals surface area contributed by atoms with Crippen molar-refractivity contribution in [3.8, 4) is 5.75 Å². The fourth-order valence-electron chi connectivity index (χ4n) is 3.25. The van der Waals surface area contributed by atoms with Crippen LogP contribution in [0.25, 0.3) is 5.57 Å². The van der Waals surface area contributed by atoms with Gasteiger partial charge in [0.25, 0.3) is 5.91 Å². The number of amides is 1. The number of hydrazone groups is 1. The lowest BCUT2D eigenvalue weighted by molar-refractivity contribution is 0.0955. The Morgan fingerprint density at radius 3 is 2.74 bits per heavy atom. The lowest BCUT2D eigenvalue weighted by Gasteiger charge is -2.40. The van der Waals surface area contributed by atoms with Gasteiger partial charge in [-0.05, 0) is 62.2 Å². The van der Waals surface area contributed by atoms with Crippen LogP contribution in [0.3, 0.4) is 0 Å². The molecule has 5 heteroatoms. The van der Waals surface area contributed by atoms with Crippen LogP contribution in [0.1, 0.15) is 42.3 Å². The van der Waals surface area contributed by atoms with Gasteiger partial charge in [-0.25, -0.2) is 5.43 Å². The van der Waals surface area contributed by atoms with E-state index < -0.39 is 0 Å². The smallest absolute Gasteiger partial charge is 0.271 e. The van der Waals surface area contributed by atoms with E-state index in [9.17, 15) is 4.79 Å². The number of ether oxygens (including phenoxy) is 1. The van der Waals surface area contributed by atoms with E-state index in [2.05, 4.69) is 61.5 Å². The highest BCUT2D eigenvalue weighted by Gasteiger charge is 2.28. The summed E-state index contributed by atoms with van der Waals surface area (Å²) in [5, 5.41) is 4.10. The second-order valence-electron chi connectivity index (χ2n) is 7.25. The number of carbonyl (C=O) groups is 1. The Hall–Kier alpha value is -3.08. The first-order chi connectivity index (χ1) is 12.8. The summed E-state index contributed by atoms with van der Waals surface area (Å²) in [5.74, 6) is 0.358. The molecule has 2 aromatic rings. The van der Waals surface area contributed by atoms with E-state index in [1.807, 2.05) is 6.07 Å². The average molecular weight is 363 g/mol. The van der Waals surface area contributed by atoms with Crippen LogP contribution in [0.2, 0.25) is 0 Å². The van der Waals surface area contributed by atoms with Crippen molar-refractivity contribution in [2.45, 2.75) is 26.3 Å². The van der Waals surface area contributed by atoms with Crippen molar-refractivity contribution in [1.29, 1.82) is 0 Å². The van der Waals surface area contributed by atoms with Crippen LogP contribution in [-0.2, 0) is 0 Å². The van der Waals surface area contributed by atoms with Gasteiger partial charge < -0.3 is 9.64 Å². The number of allylic oxidation sites excluding steroid dienone is 1. The van der Waals surface area contributed by atoms with Gasteiger partial charge in [0.15, 0.2) is 0 Å². The van der Waals surface area contributed by atoms with Crippen molar-refractivity contribution in [2.24, 2.45) is 5.10 Å². The predicted octanol–water partition coefficient (Wildman–Crippen LogP) is 4.09. The van der Waals surface area contributed by atoms with Crippen LogP contribution < -0.4 is 15.1 Å². The van der Waals surface area contributed by atoms with Gasteiger partial charge in [-0.15, -0.1) is 0 Å². The summed E-state index contributed by atoms with van der Waals surface area (Å²) >= 11 is 0. The second-order valence-corrected chi connectivity index (χ2v) is 7.25. The second kappa shape index (κ2) is 7.27. The maximum atomic E-state index is 12.2.